The number of hydrogen-bond donors (Lipinski definition) is 3. The minimum absolute atomic E-state index is 0.0404. The molecule has 5 rings (SSSR count). The highest BCUT2D eigenvalue weighted by atomic mass is 32.2. The molecule has 246 valence electrons. The van der Waals surface area contributed by atoms with Gasteiger partial charge in [0.15, 0.2) is 0 Å². The topological polar surface area (TPSA) is 192 Å². The molecule has 3 fully saturated rings. The number of rotatable bonds is 9. The average molecular weight is 653 g/mol. The Labute approximate surface area is 259 Å². The maximum atomic E-state index is 14.5. The summed E-state index contributed by atoms with van der Waals surface area (Å²) in [4.78, 5) is 43.4. The zero-order valence-electron chi connectivity index (χ0n) is 25.5. The van der Waals surface area contributed by atoms with Gasteiger partial charge < -0.3 is 20.7 Å². The van der Waals surface area contributed by atoms with Crippen molar-refractivity contribution >= 4 is 27.7 Å². The minimum Gasteiger partial charge on any atom is -0.497 e. The number of carbonyl (C=O) groups excluding carboxylic acids is 3. The first-order chi connectivity index (χ1) is 20.9. The third-order valence-electron chi connectivity index (χ3n) is 8.64. The molecule has 2 aromatic rings. The smallest absolute Gasteiger partial charge is 0.259 e. The molecule has 2 heterocycles. The number of tetrazole rings is 1. The van der Waals surface area contributed by atoms with Crippen LogP contribution in [-0.4, -0.2) is 93.7 Å². The van der Waals surface area contributed by atoms with E-state index < -0.39 is 87.3 Å². The molecule has 4 atom stereocenters. The maximum Gasteiger partial charge on any atom is 0.259 e. The SMILES string of the molecule is COc1ccc(-c2nnn([C@@H]3C[C@@H](C(=O)N[C@]4(C(=O)NS(=O)(=O)C5CC5)CCC(F)(F)C4)N(C(=O)[C@@H](N)C(C)(C)C)C3)n2)cc1. The molecule has 0 spiro atoms. The third kappa shape index (κ3) is 6.78. The van der Waals surface area contributed by atoms with Gasteiger partial charge in [0.05, 0.1) is 24.4 Å². The van der Waals surface area contributed by atoms with Gasteiger partial charge in [0.25, 0.3) is 11.8 Å². The van der Waals surface area contributed by atoms with Crippen LogP contribution in [0.3, 0.4) is 0 Å². The molecule has 0 radical (unpaired) electrons. The minimum atomic E-state index is -4.09. The highest BCUT2D eigenvalue weighted by molar-refractivity contribution is 7.91. The van der Waals surface area contributed by atoms with Crippen LogP contribution >= 0.6 is 0 Å². The number of sulfonamides is 1. The van der Waals surface area contributed by atoms with Crippen LogP contribution in [0.15, 0.2) is 24.3 Å². The van der Waals surface area contributed by atoms with Crippen molar-refractivity contribution in [1.82, 2.24) is 35.1 Å². The second-order valence-corrected chi connectivity index (χ2v) is 15.1. The number of nitrogens with two attached hydrogens (primary N) is 1. The lowest BCUT2D eigenvalue weighted by atomic mass is 9.86. The summed E-state index contributed by atoms with van der Waals surface area (Å²) >= 11 is 0. The van der Waals surface area contributed by atoms with Crippen molar-refractivity contribution in [3.63, 3.8) is 0 Å². The lowest BCUT2D eigenvalue weighted by molar-refractivity contribution is -0.143. The molecular formula is C28H38F2N8O6S. The molecule has 14 nitrogen and oxygen atoms in total. The van der Waals surface area contributed by atoms with Crippen molar-refractivity contribution in [3.8, 4) is 17.1 Å². The Balaban J connectivity index is 1.42. The van der Waals surface area contributed by atoms with Crippen molar-refractivity contribution in [3.05, 3.63) is 24.3 Å². The molecule has 1 aromatic carbocycles. The highest BCUT2D eigenvalue weighted by Crippen LogP contribution is 2.43. The molecule has 1 aromatic heterocycles. The predicted octanol–water partition coefficient (Wildman–Crippen LogP) is 1.15. The van der Waals surface area contributed by atoms with Crippen LogP contribution in [0.1, 0.15) is 65.3 Å². The fourth-order valence-corrected chi connectivity index (χ4v) is 7.01. The van der Waals surface area contributed by atoms with Gasteiger partial charge in [0.2, 0.25) is 27.7 Å². The molecule has 4 N–H and O–H groups in total. The summed E-state index contributed by atoms with van der Waals surface area (Å²) in [6.07, 6.45) is -1.64. The summed E-state index contributed by atoms with van der Waals surface area (Å²) in [6.45, 7) is 5.24. The zero-order chi connectivity index (χ0) is 32.9. The second-order valence-electron chi connectivity index (χ2n) is 13.2. The summed E-state index contributed by atoms with van der Waals surface area (Å²) in [5.41, 5.74) is 4.05. The van der Waals surface area contributed by atoms with E-state index in [0.717, 1.165) is 0 Å². The van der Waals surface area contributed by atoms with Gasteiger partial charge >= 0.3 is 0 Å². The molecular weight excluding hydrogens is 614 g/mol. The largest absolute Gasteiger partial charge is 0.497 e. The first-order valence-electron chi connectivity index (χ1n) is 14.7. The van der Waals surface area contributed by atoms with E-state index in [9.17, 15) is 31.6 Å². The predicted molar refractivity (Wildman–Crippen MR) is 156 cm³/mol. The van der Waals surface area contributed by atoms with Gasteiger partial charge in [-0.3, -0.25) is 19.1 Å². The first-order valence-corrected chi connectivity index (χ1v) is 16.3. The molecule has 2 saturated carbocycles. The number of alkyl halides is 2. The van der Waals surface area contributed by atoms with Gasteiger partial charge in [-0.05, 0) is 54.2 Å². The van der Waals surface area contributed by atoms with Crippen LogP contribution in [0.25, 0.3) is 11.4 Å². The molecule has 3 amide bonds. The van der Waals surface area contributed by atoms with Crippen LogP contribution in [0.4, 0.5) is 8.78 Å². The fourth-order valence-electron chi connectivity index (χ4n) is 5.64. The third-order valence-corrected chi connectivity index (χ3v) is 10.5. The molecule has 17 heteroatoms. The van der Waals surface area contributed by atoms with E-state index in [1.54, 1.807) is 45.0 Å². The number of carbonyl (C=O) groups is 3. The number of aromatic nitrogens is 4. The Hall–Kier alpha value is -3.73. The quantitative estimate of drug-likeness (QED) is 0.354. The number of nitrogens with zero attached hydrogens (tertiary/aromatic N) is 5. The van der Waals surface area contributed by atoms with Gasteiger partial charge in [0.1, 0.15) is 17.3 Å². The number of halogens is 2. The average Bonchev–Trinajstić information content (AvgIpc) is 3.43. The first kappa shape index (κ1) is 32.7. The van der Waals surface area contributed by atoms with E-state index in [4.69, 9.17) is 10.5 Å². The number of ether oxygens (including phenoxy) is 1. The van der Waals surface area contributed by atoms with Crippen LogP contribution < -0.4 is 20.5 Å². The van der Waals surface area contributed by atoms with E-state index in [1.165, 1.54) is 16.8 Å². The van der Waals surface area contributed by atoms with E-state index in [0.29, 0.717) is 24.2 Å². The van der Waals surface area contributed by atoms with Crippen molar-refractivity contribution in [2.24, 2.45) is 11.1 Å². The van der Waals surface area contributed by atoms with E-state index >= 15 is 0 Å². The fraction of sp³-hybridized carbons (Fsp3) is 0.643. The lowest BCUT2D eigenvalue weighted by Gasteiger charge is -2.35. The number of amides is 3. The van der Waals surface area contributed by atoms with Crippen LogP contribution in [-0.2, 0) is 24.4 Å². The van der Waals surface area contributed by atoms with Crippen LogP contribution in [0.2, 0.25) is 0 Å². The van der Waals surface area contributed by atoms with Gasteiger partial charge in [-0.25, -0.2) is 17.2 Å². The van der Waals surface area contributed by atoms with Gasteiger partial charge in [-0.15, -0.1) is 10.2 Å². The number of likely N-dealkylation sites (tertiary alicyclic amines) is 1. The summed E-state index contributed by atoms with van der Waals surface area (Å²) < 4.78 is 61.2. The number of benzene rings is 1. The highest BCUT2D eigenvalue weighted by Gasteiger charge is 2.57. The van der Waals surface area contributed by atoms with Crippen molar-refractivity contribution in [1.29, 1.82) is 0 Å². The van der Waals surface area contributed by atoms with Crippen molar-refractivity contribution in [2.45, 2.75) is 94.1 Å². The zero-order valence-corrected chi connectivity index (χ0v) is 26.3. The molecule has 1 aliphatic heterocycles. The monoisotopic (exact) mass is 652 g/mol. The van der Waals surface area contributed by atoms with Gasteiger partial charge in [-0.1, -0.05) is 20.8 Å². The van der Waals surface area contributed by atoms with E-state index in [-0.39, 0.29) is 18.8 Å². The van der Waals surface area contributed by atoms with Crippen molar-refractivity contribution in [2.75, 3.05) is 13.7 Å². The molecule has 3 aliphatic rings. The molecule has 1 saturated heterocycles. The van der Waals surface area contributed by atoms with Crippen LogP contribution in [0, 0.1) is 5.41 Å². The Morgan fingerprint density at radius 3 is 2.36 bits per heavy atom. The molecule has 0 unspecified atom stereocenters. The molecule has 45 heavy (non-hydrogen) atoms. The Morgan fingerprint density at radius 2 is 1.80 bits per heavy atom. The standard InChI is InChI=1S/C28H38F2N8O6S/c1-26(2,3)21(31)24(40)37-14-17(38-34-22(33-36-38)16-5-7-18(44-4)8-6-16)13-20(37)23(39)32-27(11-12-28(29,30)15-27)25(41)35-45(42,43)19-9-10-19/h5-8,17,19-21H,9-15,31H2,1-4H3,(H,32,39)(H,35,41)/t17-,20+,21-,27-/m1/s1. The summed E-state index contributed by atoms with van der Waals surface area (Å²) in [7, 11) is -2.55. The van der Waals surface area contributed by atoms with Crippen molar-refractivity contribution < 1.29 is 36.3 Å². The Bertz CT molecular complexity index is 1570. The normalized spacial score (nSPS) is 25.5. The van der Waals surface area contributed by atoms with E-state index in [1.807, 2.05) is 4.72 Å². The number of hydrogen-bond acceptors (Lipinski definition) is 10. The number of methoxy groups -OCH3 is 1. The Morgan fingerprint density at radius 1 is 1.13 bits per heavy atom. The summed E-state index contributed by atoms with van der Waals surface area (Å²) in [5, 5.41) is 14.4. The lowest BCUT2D eigenvalue weighted by Crippen LogP contribution is -2.63. The summed E-state index contributed by atoms with van der Waals surface area (Å²) in [6, 6.07) is 4.03. The summed E-state index contributed by atoms with van der Waals surface area (Å²) in [5.74, 6) is -5.07. The van der Waals surface area contributed by atoms with E-state index in [2.05, 4.69) is 20.7 Å². The molecule has 0 bridgehead atoms. The number of nitrogens with one attached hydrogen (secondary N) is 2. The molecule has 2 aliphatic carbocycles. The van der Waals surface area contributed by atoms with Crippen LogP contribution in [0.5, 0.6) is 5.75 Å². The maximum absolute atomic E-state index is 14.5. The van der Waals surface area contributed by atoms with Gasteiger partial charge in [-0.2, -0.15) is 4.80 Å². The second kappa shape index (κ2) is 11.6. The van der Waals surface area contributed by atoms with Gasteiger partial charge in [0, 0.05) is 31.4 Å². The Kier molecular flexibility index (Phi) is 8.39.